The number of rotatable bonds is 7. The first kappa shape index (κ1) is 13.7. The number of hydrogen-bond acceptors (Lipinski definition) is 2. The van der Waals surface area contributed by atoms with Crippen molar-refractivity contribution in [2.45, 2.75) is 26.4 Å². The first-order chi connectivity index (χ1) is 9.33. The number of hydrogen-bond donors (Lipinski definition) is 1. The van der Waals surface area contributed by atoms with Crippen LogP contribution in [0.3, 0.4) is 0 Å². The van der Waals surface area contributed by atoms with E-state index in [0.29, 0.717) is 0 Å². The third-order valence-electron chi connectivity index (χ3n) is 3.28. The Morgan fingerprint density at radius 3 is 2.63 bits per heavy atom. The van der Waals surface area contributed by atoms with E-state index >= 15 is 0 Å². The average Bonchev–Trinajstić information content (AvgIpc) is 2.91. The summed E-state index contributed by atoms with van der Waals surface area (Å²) < 4.78 is 7.48. The number of aromatic nitrogens is 1. The number of nitrogens with zero attached hydrogens (tertiary/aromatic N) is 1. The zero-order valence-electron chi connectivity index (χ0n) is 11.7. The van der Waals surface area contributed by atoms with Crippen molar-refractivity contribution < 1.29 is 4.74 Å². The van der Waals surface area contributed by atoms with Gasteiger partial charge >= 0.3 is 0 Å². The van der Waals surface area contributed by atoms with Crippen LogP contribution in [0.25, 0.3) is 0 Å². The van der Waals surface area contributed by atoms with Crippen LogP contribution in [-0.4, -0.2) is 18.2 Å². The van der Waals surface area contributed by atoms with Gasteiger partial charge in [-0.15, -0.1) is 0 Å². The van der Waals surface area contributed by atoms with Crippen molar-refractivity contribution in [2.75, 3.05) is 13.7 Å². The van der Waals surface area contributed by atoms with Crippen LogP contribution in [0.2, 0.25) is 0 Å². The number of ether oxygens (including phenoxy) is 1. The molecule has 0 spiro atoms. The highest BCUT2D eigenvalue weighted by Gasteiger charge is 2.01. The summed E-state index contributed by atoms with van der Waals surface area (Å²) in [6.45, 7) is 5.08. The Kier molecular flexibility index (Phi) is 5.04. The lowest BCUT2D eigenvalue weighted by molar-refractivity contribution is 0.414. The van der Waals surface area contributed by atoms with Crippen molar-refractivity contribution in [3.8, 4) is 5.75 Å². The molecule has 1 N–H and O–H groups in total. The minimum Gasteiger partial charge on any atom is -0.497 e. The van der Waals surface area contributed by atoms with Crippen LogP contribution in [0.5, 0.6) is 5.75 Å². The molecule has 0 saturated heterocycles. The molecule has 0 radical (unpaired) electrons. The highest BCUT2D eigenvalue weighted by Crippen LogP contribution is 2.13. The predicted molar refractivity (Wildman–Crippen MR) is 78.5 cm³/mol. The highest BCUT2D eigenvalue weighted by atomic mass is 16.5. The summed E-state index contributed by atoms with van der Waals surface area (Å²) in [5.41, 5.74) is 2.68. The number of nitrogens with one attached hydrogen (secondary N) is 1. The molecule has 0 atom stereocenters. The van der Waals surface area contributed by atoms with Gasteiger partial charge in [0, 0.05) is 25.0 Å². The minimum atomic E-state index is 0.914. The third kappa shape index (κ3) is 3.86. The smallest absolute Gasteiger partial charge is 0.118 e. The maximum atomic E-state index is 5.17. The monoisotopic (exact) mass is 258 g/mol. The number of aryl methyl sites for hydroxylation is 2. The van der Waals surface area contributed by atoms with Gasteiger partial charge in [-0.1, -0.05) is 19.1 Å². The molecule has 0 saturated carbocycles. The maximum absolute atomic E-state index is 5.17. The van der Waals surface area contributed by atoms with Crippen LogP contribution >= 0.6 is 0 Å². The van der Waals surface area contributed by atoms with Gasteiger partial charge in [-0.25, -0.2) is 0 Å². The average molecular weight is 258 g/mol. The fourth-order valence-corrected chi connectivity index (χ4v) is 2.12. The maximum Gasteiger partial charge on any atom is 0.118 e. The van der Waals surface area contributed by atoms with Gasteiger partial charge in [0.1, 0.15) is 5.75 Å². The molecule has 0 aliphatic rings. The van der Waals surface area contributed by atoms with Gasteiger partial charge in [-0.3, -0.25) is 0 Å². The van der Waals surface area contributed by atoms with Crippen LogP contribution in [0.4, 0.5) is 0 Å². The van der Waals surface area contributed by atoms with Crippen LogP contribution < -0.4 is 10.1 Å². The second-order valence-electron chi connectivity index (χ2n) is 4.57. The van der Waals surface area contributed by atoms with E-state index in [1.807, 2.05) is 12.1 Å². The molecule has 2 aromatic rings. The number of benzene rings is 1. The van der Waals surface area contributed by atoms with Crippen LogP contribution in [0.15, 0.2) is 42.6 Å². The van der Waals surface area contributed by atoms with E-state index in [9.17, 15) is 0 Å². The molecule has 19 heavy (non-hydrogen) atoms. The standard InChI is InChI=1S/C16H22N2O/c1-3-17-13-15-5-4-11-18(15)12-10-14-6-8-16(19-2)9-7-14/h4-9,11,17H,3,10,12-13H2,1-2H3. The topological polar surface area (TPSA) is 26.2 Å². The van der Waals surface area contributed by atoms with Crippen molar-refractivity contribution >= 4 is 0 Å². The van der Waals surface area contributed by atoms with E-state index in [1.165, 1.54) is 11.3 Å². The summed E-state index contributed by atoms with van der Waals surface area (Å²) in [5.74, 6) is 0.914. The molecular weight excluding hydrogens is 236 g/mol. The van der Waals surface area contributed by atoms with Gasteiger partial charge in [-0.05, 0) is 42.8 Å². The largest absolute Gasteiger partial charge is 0.497 e. The fraction of sp³-hybridized carbons (Fsp3) is 0.375. The summed E-state index contributed by atoms with van der Waals surface area (Å²) in [6.07, 6.45) is 3.19. The molecule has 0 aliphatic heterocycles. The van der Waals surface area contributed by atoms with Gasteiger partial charge in [0.15, 0.2) is 0 Å². The summed E-state index contributed by atoms with van der Waals surface area (Å²) >= 11 is 0. The molecule has 2 rings (SSSR count). The Morgan fingerprint density at radius 1 is 1.16 bits per heavy atom. The minimum absolute atomic E-state index is 0.914. The zero-order chi connectivity index (χ0) is 13.5. The Labute approximate surface area is 115 Å². The summed E-state index contributed by atoms with van der Waals surface area (Å²) in [4.78, 5) is 0. The lowest BCUT2D eigenvalue weighted by Gasteiger charge is -2.10. The van der Waals surface area contributed by atoms with Crippen molar-refractivity contribution in [3.05, 3.63) is 53.9 Å². The molecule has 1 heterocycles. The Hall–Kier alpha value is -1.74. The van der Waals surface area contributed by atoms with Crippen LogP contribution in [0.1, 0.15) is 18.2 Å². The summed E-state index contributed by atoms with van der Waals surface area (Å²) in [6, 6.07) is 12.6. The van der Waals surface area contributed by atoms with Gasteiger partial charge in [0.2, 0.25) is 0 Å². The second-order valence-corrected chi connectivity index (χ2v) is 4.57. The molecule has 0 aliphatic carbocycles. The summed E-state index contributed by atoms with van der Waals surface area (Å²) in [7, 11) is 1.70. The summed E-state index contributed by atoms with van der Waals surface area (Å²) in [5, 5.41) is 3.37. The first-order valence-corrected chi connectivity index (χ1v) is 6.81. The van der Waals surface area contributed by atoms with Crippen LogP contribution in [0, 0.1) is 0 Å². The third-order valence-corrected chi connectivity index (χ3v) is 3.28. The molecule has 3 nitrogen and oxygen atoms in total. The molecule has 0 fully saturated rings. The fourth-order valence-electron chi connectivity index (χ4n) is 2.12. The zero-order valence-corrected chi connectivity index (χ0v) is 11.7. The number of methoxy groups -OCH3 is 1. The van der Waals surface area contributed by atoms with Gasteiger partial charge in [0.25, 0.3) is 0 Å². The van der Waals surface area contributed by atoms with E-state index in [4.69, 9.17) is 4.74 Å². The Balaban J connectivity index is 1.92. The molecule has 3 heteroatoms. The second kappa shape index (κ2) is 7.00. The van der Waals surface area contributed by atoms with Crippen LogP contribution in [-0.2, 0) is 19.5 Å². The highest BCUT2D eigenvalue weighted by molar-refractivity contribution is 5.27. The lowest BCUT2D eigenvalue weighted by atomic mass is 10.1. The first-order valence-electron chi connectivity index (χ1n) is 6.81. The van der Waals surface area contributed by atoms with E-state index in [1.54, 1.807) is 7.11 Å². The van der Waals surface area contributed by atoms with Gasteiger partial charge in [-0.2, -0.15) is 0 Å². The molecule has 0 unspecified atom stereocenters. The SMILES string of the molecule is CCNCc1cccn1CCc1ccc(OC)cc1. The Bertz CT molecular complexity index is 488. The predicted octanol–water partition coefficient (Wildman–Crippen LogP) is 2.85. The van der Waals surface area contributed by atoms with Gasteiger partial charge < -0.3 is 14.6 Å². The normalized spacial score (nSPS) is 10.6. The molecule has 1 aromatic carbocycles. The molecule has 1 aromatic heterocycles. The van der Waals surface area contributed by atoms with Crippen molar-refractivity contribution in [1.82, 2.24) is 9.88 Å². The quantitative estimate of drug-likeness (QED) is 0.826. The molecule has 0 bridgehead atoms. The van der Waals surface area contributed by atoms with Crippen molar-refractivity contribution in [2.24, 2.45) is 0 Å². The van der Waals surface area contributed by atoms with E-state index < -0.39 is 0 Å². The van der Waals surface area contributed by atoms with Crippen molar-refractivity contribution in [3.63, 3.8) is 0 Å². The molecule has 102 valence electrons. The Morgan fingerprint density at radius 2 is 1.95 bits per heavy atom. The van der Waals surface area contributed by atoms with E-state index in [0.717, 1.165) is 31.8 Å². The van der Waals surface area contributed by atoms with Gasteiger partial charge in [0.05, 0.1) is 7.11 Å². The van der Waals surface area contributed by atoms with E-state index in [2.05, 4.69) is 47.3 Å². The lowest BCUT2D eigenvalue weighted by Crippen LogP contribution is -2.15. The molecular formula is C16H22N2O. The van der Waals surface area contributed by atoms with Crippen molar-refractivity contribution in [1.29, 1.82) is 0 Å². The molecule has 0 amide bonds. The van der Waals surface area contributed by atoms with E-state index in [-0.39, 0.29) is 0 Å².